The van der Waals surface area contributed by atoms with Gasteiger partial charge in [0.15, 0.2) is 0 Å². The Morgan fingerprint density at radius 2 is 2.05 bits per heavy atom. The maximum Gasteiger partial charge on any atom is 0.0353 e. The summed E-state index contributed by atoms with van der Waals surface area (Å²) in [6.45, 7) is 4.44. The lowest BCUT2D eigenvalue weighted by Gasteiger charge is -2.18. The second kappa shape index (κ2) is 7.33. The Bertz CT molecular complexity index is 402. The standard InChI is InChI=1S/C17H26BrN/c1-3-5-14-6-4-7-15(11-9-14)19-16-10-8-13(2)17(18)12-16/h8,10,12,14-15,19H,3-7,9,11H2,1-2H3. The van der Waals surface area contributed by atoms with Gasteiger partial charge in [0.25, 0.3) is 0 Å². The Morgan fingerprint density at radius 1 is 1.21 bits per heavy atom. The molecule has 0 radical (unpaired) electrons. The van der Waals surface area contributed by atoms with Crippen LogP contribution >= 0.6 is 15.9 Å². The molecule has 1 aromatic carbocycles. The number of aryl methyl sites for hydroxylation is 1. The molecule has 2 unspecified atom stereocenters. The molecule has 0 amide bonds. The zero-order chi connectivity index (χ0) is 13.7. The number of rotatable bonds is 4. The maximum absolute atomic E-state index is 3.72. The predicted molar refractivity (Wildman–Crippen MR) is 87.8 cm³/mol. The number of benzene rings is 1. The molecule has 0 bridgehead atoms. The predicted octanol–water partition coefficient (Wildman–Crippen LogP) is 5.92. The van der Waals surface area contributed by atoms with Crippen molar-refractivity contribution in [2.24, 2.45) is 5.92 Å². The summed E-state index contributed by atoms with van der Waals surface area (Å²) in [5.41, 5.74) is 2.56. The summed E-state index contributed by atoms with van der Waals surface area (Å²) in [6, 6.07) is 7.26. The third-order valence-electron chi connectivity index (χ3n) is 4.33. The molecule has 19 heavy (non-hydrogen) atoms. The van der Waals surface area contributed by atoms with Gasteiger partial charge in [0.2, 0.25) is 0 Å². The van der Waals surface area contributed by atoms with Crippen LogP contribution in [0.15, 0.2) is 22.7 Å². The van der Waals surface area contributed by atoms with Crippen LogP contribution in [0.25, 0.3) is 0 Å². The maximum atomic E-state index is 3.72. The average molecular weight is 324 g/mol. The van der Waals surface area contributed by atoms with Crippen LogP contribution in [0.5, 0.6) is 0 Å². The Kier molecular flexibility index (Phi) is 5.75. The highest BCUT2D eigenvalue weighted by molar-refractivity contribution is 9.10. The van der Waals surface area contributed by atoms with Gasteiger partial charge in [-0.3, -0.25) is 0 Å². The molecule has 0 saturated heterocycles. The van der Waals surface area contributed by atoms with E-state index in [0.717, 1.165) is 5.92 Å². The first-order valence-electron chi connectivity index (χ1n) is 7.71. The lowest BCUT2D eigenvalue weighted by molar-refractivity contribution is 0.422. The molecule has 1 saturated carbocycles. The van der Waals surface area contributed by atoms with Crippen molar-refractivity contribution in [3.05, 3.63) is 28.2 Å². The van der Waals surface area contributed by atoms with Gasteiger partial charge >= 0.3 is 0 Å². The van der Waals surface area contributed by atoms with Crippen molar-refractivity contribution in [1.82, 2.24) is 0 Å². The Morgan fingerprint density at radius 3 is 2.79 bits per heavy atom. The molecule has 0 aliphatic heterocycles. The molecule has 1 aliphatic carbocycles. The first-order chi connectivity index (χ1) is 9.19. The highest BCUT2D eigenvalue weighted by atomic mass is 79.9. The third-order valence-corrected chi connectivity index (χ3v) is 5.18. The zero-order valence-corrected chi connectivity index (χ0v) is 13.8. The SMILES string of the molecule is CCCC1CCCC(Nc2ccc(C)c(Br)c2)CC1. The van der Waals surface area contributed by atoms with E-state index in [-0.39, 0.29) is 0 Å². The van der Waals surface area contributed by atoms with E-state index < -0.39 is 0 Å². The Balaban J connectivity index is 1.90. The van der Waals surface area contributed by atoms with Crippen molar-refractivity contribution in [2.75, 3.05) is 5.32 Å². The number of anilines is 1. The highest BCUT2D eigenvalue weighted by Crippen LogP contribution is 2.29. The zero-order valence-electron chi connectivity index (χ0n) is 12.2. The van der Waals surface area contributed by atoms with E-state index in [4.69, 9.17) is 0 Å². The van der Waals surface area contributed by atoms with Crippen molar-refractivity contribution < 1.29 is 0 Å². The van der Waals surface area contributed by atoms with Gasteiger partial charge in [-0.05, 0) is 49.8 Å². The number of hydrogen-bond donors (Lipinski definition) is 1. The van der Waals surface area contributed by atoms with Gasteiger partial charge in [-0.2, -0.15) is 0 Å². The minimum absolute atomic E-state index is 0.663. The van der Waals surface area contributed by atoms with Crippen molar-refractivity contribution in [1.29, 1.82) is 0 Å². The fourth-order valence-electron chi connectivity index (χ4n) is 3.14. The minimum Gasteiger partial charge on any atom is -0.382 e. The molecule has 106 valence electrons. The summed E-state index contributed by atoms with van der Waals surface area (Å²) in [5.74, 6) is 0.974. The topological polar surface area (TPSA) is 12.0 Å². The van der Waals surface area contributed by atoms with Gasteiger partial charge in [-0.15, -0.1) is 0 Å². The molecular formula is C17H26BrN. The van der Waals surface area contributed by atoms with Crippen LogP contribution < -0.4 is 5.32 Å². The van der Waals surface area contributed by atoms with Crippen molar-refractivity contribution >= 4 is 21.6 Å². The van der Waals surface area contributed by atoms with Gasteiger partial charge in [0, 0.05) is 16.2 Å². The highest BCUT2D eigenvalue weighted by Gasteiger charge is 2.18. The minimum atomic E-state index is 0.663. The van der Waals surface area contributed by atoms with E-state index in [1.807, 2.05) is 0 Å². The fraction of sp³-hybridized carbons (Fsp3) is 0.647. The van der Waals surface area contributed by atoms with E-state index in [2.05, 4.69) is 53.3 Å². The summed E-state index contributed by atoms with van der Waals surface area (Å²) < 4.78 is 1.20. The van der Waals surface area contributed by atoms with E-state index in [1.54, 1.807) is 0 Å². The summed E-state index contributed by atoms with van der Waals surface area (Å²) in [6.07, 6.45) is 9.63. The molecular weight excluding hydrogens is 298 g/mol. The first kappa shape index (κ1) is 14.9. The number of nitrogens with one attached hydrogen (secondary N) is 1. The fourth-order valence-corrected chi connectivity index (χ4v) is 3.52. The van der Waals surface area contributed by atoms with Crippen molar-refractivity contribution in [3.8, 4) is 0 Å². The van der Waals surface area contributed by atoms with Crippen molar-refractivity contribution in [2.45, 2.75) is 64.8 Å². The summed E-state index contributed by atoms with van der Waals surface area (Å²) in [5, 5.41) is 3.72. The van der Waals surface area contributed by atoms with E-state index >= 15 is 0 Å². The molecule has 1 nitrogen and oxygen atoms in total. The van der Waals surface area contributed by atoms with Gasteiger partial charge in [0.1, 0.15) is 0 Å². The van der Waals surface area contributed by atoms with Crippen LogP contribution in [-0.4, -0.2) is 6.04 Å². The lowest BCUT2D eigenvalue weighted by Crippen LogP contribution is -2.18. The van der Waals surface area contributed by atoms with E-state index in [0.29, 0.717) is 6.04 Å². The molecule has 1 N–H and O–H groups in total. The van der Waals surface area contributed by atoms with Crippen LogP contribution in [-0.2, 0) is 0 Å². The molecule has 0 heterocycles. The van der Waals surface area contributed by atoms with E-state index in [9.17, 15) is 0 Å². The molecule has 0 aromatic heterocycles. The quantitative estimate of drug-likeness (QED) is 0.678. The number of halogens is 1. The lowest BCUT2D eigenvalue weighted by atomic mass is 9.95. The smallest absolute Gasteiger partial charge is 0.0353 e. The molecule has 2 rings (SSSR count). The largest absolute Gasteiger partial charge is 0.382 e. The normalized spacial score (nSPS) is 23.9. The van der Waals surface area contributed by atoms with Crippen molar-refractivity contribution in [3.63, 3.8) is 0 Å². The second-order valence-electron chi connectivity index (χ2n) is 5.97. The molecule has 2 atom stereocenters. The molecule has 2 heteroatoms. The Hall–Kier alpha value is -0.500. The van der Waals surface area contributed by atoms with Gasteiger partial charge < -0.3 is 5.32 Å². The molecule has 0 spiro atoms. The van der Waals surface area contributed by atoms with Gasteiger partial charge in [-0.1, -0.05) is 54.6 Å². The summed E-state index contributed by atoms with van der Waals surface area (Å²) >= 11 is 3.62. The third kappa shape index (κ3) is 4.52. The van der Waals surface area contributed by atoms with Crippen LogP contribution in [0.1, 0.15) is 57.4 Å². The van der Waals surface area contributed by atoms with Crippen LogP contribution in [0.2, 0.25) is 0 Å². The van der Waals surface area contributed by atoms with E-state index in [1.165, 1.54) is 60.7 Å². The van der Waals surface area contributed by atoms with Crippen LogP contribution in [0.4, 0.5) is 5.69 Å². The number of hydrogen-bond acceptors (Lipinski definition) is 1. The van der Waals surface area contributed by atoms with Gasteiger partial charge in [0.05, 0.1) is 0 Å². The molecule has 1 fully saturated rings. The van der Waals surface area contributed by atoms with Crippen LogP contribution in [0, 0.1) is 12.8 Å². The molecule has 1 aromatic rings. The van der Waals surface area contributed by atoms with Gasteiger partial charge in [-0.25, -0.2) is 0 Å². The summed E-state index contributed by atoms with van der Waals surface area (Å²) in [7, 11) is 0. The monoisotopic (exact) mass is 323 g/mol. The second-order valence-corrected chi connectivity index (χ2v) is 6.82. The van der Waals surface area contributed by atoms with Crippen LogP contribution in [0.3, 0.4) is 0 Å². The first-order valence-corrected chi connectivity index (χ1v) is 8.51. The average Bonchev–Trinajstić information content (AvgIpc) is 2.60. The molecule has 1 aliphatic rings. The Labute approximate surface area is 126 Å². The summed E-state index contributed by atoms with van der Waals surface area (Å²) in [4.78, 5) is 0.